The first-order valence-corrected chi connectivity index (χ1v) is 7.44. The summed E-state index contributed by atoms with van der Waals surface area (Å²) in [6.07, 6.45) is 0.261. The summed E-state index contributed by atoms with van der Waals surface area (Å²) < 4.78 is 18.7. The lowest BCUT2D eigenvalue weighted by atomic mass is 9.97. The average molecular weight is 312 g/mol. The van der Waals surface area contributed by atoms with Gasteiger partial charge in [0.05, 0.1) is 5.69 Å². The standard InChI is InChI=1S/C18H17FN2O2/c1-11(13-5-3-6-14(19)10-13)9-17(22)21-15-7-4-8-16-18(15)20-12(2)23-16/h3-8,10-11H,9H2,1-2H3,(H,21,22). The van der Waals surface area contributed by atoms with Crippen molar-refractivity contribution in [3.63, 3.8) is 0 Å². The third-order valence-electron chi connectivity index (χ3n) is 3.71. The molecule has 0 fully saturated rings. The fourth-order valence-corrected chi connectivity index (χ4v) is 2.57. The Kier molecular flexibility index (Phi) is 4.10. The van der Waals surface area contributed by atoms with Gasteiger partial charge in [-0.1, -0.05) is 25.1 Å². The number of aryl methyl sites for hydroxylation is 1. The van der Waals surface area contributed by atoms with Gasteiger partial charge in [-0.05, 0) is 35.7 Å². The van der Waals surface area contributed by atoms with Crippen LogP contribution in [-0.2, 0) is 4.79 Å². The second kappa shape index (κ2) is 6.20. The van der Waals surface area contributed by atoms with E-state index in [9.17, 15) is 9.18 Å². The zero-order chi connectivity index (χ0) is 16.4. The van der Waals surface area contributed by atoms with Gasteiger partial charge in [-0.15, -0.1) is 0 Å². The van der Waals surface area contributed by atoms with Gasteiger partial charge < -0.3 is 9.73 Å². The van der Waals surface area contributed by atoms with E-state index in [0.29, 0.717) is 22.7 Å². The molecule has 1 aromatic heterocycles. The Morgan fingerprint density at radius 1 is 1.30 bits per heavy atom. The van der Waals surface area contributed by atoms with Crippen LogP contribution >= 0.6 is 0 Å². The summed E-state index contributed by atoms with van der Waals surface area (Å²) in [5, 5.41) is 2.86. The van der Waals surface area contributed by atoms with Crippen molar-refractivity contribution in [3.05, 3.63) is 59.7 Å². The van der Waals surface area contributed by atoms with Crippen LogP contribution in [0, 0.1) is 12.7 Å². The molecule has 0 bridgehead atoms. The minimum Gasteiger partial charge on any atom is -0.441 e. The van der Waals surface area contributed by atoms with Crippen LogP contribution in [0.25, 0.3) is 11.1 Å². The van der Waals surface area contributed by atoms with Gasteiger partial charge in [-0.25, -0.2) is 9.37 Å². The molecule has 0 aliphatic carbocycles. The Hall–Kier alpha value is -2.69. The topological polar surface area (TPSA) is 55.1 Å². The molecule has 0 saturated heterocycles. The van der Waals surface area contributed by atoms with Gasteiger partial charge >= 0.3 is 0 Å². The van der Waals surface area contributed by atoms with Crippen molar-refractivity contribution in [2.24, 2.45) is 0 Å². The van der Waals surface area contributed by atoms with Crippen LogP contribution < -0.4 is 5.32 Å². The minimum absolute atomic E-state index is 0.0797. The van der Waals surface area contributed by atoms with Gasteiger partial charge in [-0.2, -0.15) is 0 Å². The zero-order valence-electron chi connectivity index (χ0n) is 13.0. The third-order valence-corrected chi connectivity index (χ3v) is 3.71. The van der Waals surface area contributed by atoms with E-state index in [0.717, 1.165) is 5.56 Å². The number of rotatable bonds is 4. The van der Waals surface area contributed by atoms with Crippen LogP contribution in [0.15, 0.2) is 46.9 Å². The summed E-state index contributed by atoms with van der Waals surface area (Å²) in [6, 6.07) is 11.7. The Morgan fingerprint density at radius 3 is 2.87 bits per heavy atom. The predicted molar refractivity (Wildman–Crippen MR) is 86.8 cm³/mol. The molecule has 3 rings (SSSR count). The van der Waals surface area contributed by atoms with Crippen molar-refractivity contribution >= 4 is 22.7 Å². The molecule has 1 heterocycles. The van der Waals surface area contributed by atoms with E-state index in [1.165, 1.54) is 12.1 Å². The Bertz CT molecular complexity index is 857. The molecule has 23 heavy (non-hydrogen) atoms. The molecule has 1 N–H and O–H groups in total. The molecule has 118 valence electrons. The zero-order valence-corrected chi connectivity index (χ0v) is 13.0. The van der Waals surface area contributed by atoms with Gasteiger partial charge in [0.25, 0.3) is 0 Å². The van der Waals surface area contributed by atoms with Crippen LogP contribution in [0.2, 0.25) is 0 Å². The fourth-order valence-electron chi connectivity index (χ4n) is 2.57. The average Bonchev–Trinajstić information content (AvgIpc) is 2.88. The summed E-state index contributed by atoms with van der Waals surface area (Å²) in [5.74, 6) is 0.0336. The van der Waals surface area contributed by atoms with E-state index < -0.39 is 0 Å². The number of oxazole rings is 1. The highest BCUT2D eigenvalue weighted by atomic mass is 19.1. The molecule has 1 atom stereocenters. The van der Waals surface area contributed by atoms with E-state index >= 15 is 0 Å². The smallest absolute Gasteiger partial charge is 0.225 e. The lowest BCUT2D eigenvalue weighted by Gasteiger charge is -2.12. The van der Waals surface area contributed by atoms with E-state index in [1.54, 1.807) is 31.2 Å². The molecule has 0 radical (unpaired) electrons. The highest BCUT2D eigenvalue weighted by Gasteiger charge is 2.14. The van der Waals surface area contributed by atoms with E-state index in [1.807, 2.05) is 13.0 Å². The van der Waals surface area contributed by atoms with Crippen LogP contribution in [-0.4, -0.2) is 10.9 Å². The second-order valence-corrected chi connectivity index (χ2v) is 5.59. The number of benzene rings is 2. The van der Waals surface area contributed by atoms with Gasteiger partial charge in [-0.3, -0.25) is 4.79 Å². The van der Waals surface area contributed by atoms with Gasteiger partial charge in [0, 0.05) is 13.3 Å². The van der Waals surface area contributed by atoms with E-state index in [2.05, 4.69) is 10.3 Å². The summed E-state index contributed by atoms with van der Waals surface area (Å²) in [5.41, 5.74) is 2.70. The number of carbonyl (C=O) groups excluding carboxylic acids is 1. The van der Waals surface area contributed by atoms with Crippen molar-refractivity contribution in [1.82, 2.24) is 4.98 Å². The fraction of sp³-hybridized carbons (Fsp3) is 0.222. The number of nitrogens with zero attached hydrogens (tertiary/aromatic N) is 1. The molecule has 0 spiro atoms. The SMILES string of the molecule is Cc1nc2c(NC(=O)CC(C)c3cccc(F)c3)cccc2o1. The number of nitrogens with one attached hydrogen (secondary N) is 1. The molecule has 1 unspecified atom stereocenters. The van der Waals surface area contributed by atoms with Gasteiger partial charge in [0.15, 0.2) is 11.5 Å². The number of carbonyl (C=O) groups is 1. The summed E-state index contributed by atoms with van der Waals surface area (Å²) in [7, 11) is 0. The highest BCUT2D eigenvalue weighted by molar-refractivity contribution is 5.99. The quantitative estimate of drug-likeness (QED) is 0.776. The van der Waals surface area contributed by atoms with Crippen molar-refractivity contribution in [3.8, 4) is 0 Å². The predicted octanol–water partition coefficient (Wildman–Crippen LogP) is 4.41. The number of anilines is 1. The normalized spacial score (nSPS) is 12.3. The number of hydrogen-bond acceptors (Lipinski definition) is 3. The van der Waals surface area contributed by atoms with Crippen LogP contribution in [0.5, 0.6) is 0 Å². The number of fused-ring (bicyclic) bond motifs is 1. The van der Waals surface area contributed by atoms with Crippen LogP contribution in [0.3, 0.4) is 0 Å². The molecule has 5 heteroatoms. The van der Waals surface area contributed by atoms with E-state index in [4.69, 9.17) is 4.42 Å². The lowest BCUT2D eigenvalue weighted by Crippen LogP contribution is -2.14. The number of halogens is 1. The third kappa shape index (κ3) is 3.39. The van der Waals surface area contributed by atoms with Crippen molar-refractivity contribution < 1.29 is 13.6 Å². The molecular weight excluding hydrogens is 295 g/mol. The maximum Gasteiger partial charge on any atom is 0.225 e. The molecule has 4 nitrogen and oxygen atoms in total. The van der Waals surface area contributed by atoms with Crippen molar-refractivity contribution in [2.45, 2.75) is 26.2 Å². The molecule has 0 saturated carbocycles. The Labute approximate surface area is 133 Å². The highest BCUT2D eigenvalue weighted by Crippen LogP contribution is 2.25. The molecule has 0 aliphatic heterocycles. The molecule has 1 amide bonds. The van der Waals surface area contributed by atoms with Crippen LogP contribution in [0.1, 0.15) is 30.7 Å². The largest absolute Gasteiger partial charge is 0.441 e. The minimum atomic E-state index is -0.294. The van der Waals surface area contributed by atoms with E-state index in [-0.39, 0.29) is 24.1 Å². The van der Waals surface area contributed by atoms with Crippen molar-refractivity contribution in [1.29, 1.82) is 0 Å². The maximum atomic E-state index is 13.3. The second-order valence-electron chi connectivity index (χ2n) is 5.59. The molecular formula is C18H17FN2O2. The monoisotopic (exact) mass is 312 g/mol. The summed E-state index contributed by atoms with van der Waals surface area (Å²) >= 11 is 0. The first-order chi connectivity index (χ1) is 11.0. The number of aromatic nitrogens is 1. The molecule has 0 aliphatic rings. The van der Waals surface area contributed by atoms with Gasteiger partial charge in [0.1, 0.15) is 11.3 Å². The number of hydrogen-bond donors (Lipinski definition) is 1. The van der Waals surface area contributed by atoms with Gasteiger partial charge in [0.2, 0.25) is 5.91 Å². The Morgan fingerprint density at radius 2 is 2.09 bits per heavy atom. The summed E-state index contributed by atoms with van der Waals surface area (Å²) in [4.78, 5) is 16.6. The number of amides is 1. The first kappa shape index (κ1) is 15.2. The number of para-hydroxylation sites is 1. The first-order valence-electron chi connectivity index (χ1n) is 7.44. The van der Waals surface area contributed by atoms with Crippen molar-refractivity contribution in [2.75, 3.05) is 5.32 Å². The molecule has 2 aromatic carbocycles. The van der Waals surface area contributed by atoms with Crippen LogP contribution in [0.4, 0.5) is 10.1 Å². The lowest BCUT2D eigenvalue weighted by molar-refractivity contribution is -0.116. The maximum absolute atomic E-state index is 13.3. The Balaban J connectivity index is 1.73. The summed E-state index contributed by atoms with van der Waals surface area (Å²) in [6.45, 7) is 3.66. The molecule has 3 aromatic rings.